The monoisotopic (exact) mass is 205 g/mol. The lowest BCUT2D eigenvalue weighted by molar-refractivity contribution is 0.579. The molecule has 0 aliphatic heterocycles. The lowest BCUT2D eigenvalue weighted by Crippen LogP contribution is -2.29. The Morgan fingerprint density at radius 3 is 2.92 bits per heavy atom. The first kappa shape index (κ1) is 10.1. The number of rotatable bonds is 5. The van der Waals surface area contributed by atoms with Gasteiger partial charge < -0.3 is 5.73 Å². The van der Waals surface area contributed by atoms with Crippen LogP contribution in [-0.2, 0) is 16.6 Å². The Morgan fingerprint density at radius 2 is 2.38 bits per heavy atom. The fraction of sp³-hybridized carbons (Fsp3) is 0.600. The third-order valence-corrected chi connectivity index (χ3v) is 2.67. The van der Waals surface area contributed by atoms with Gasteiger partial charge in [-0.05, 0) is 0 Å². The van der Waals surface area contributed by atoms with E-state index in [0.717, 1.165) is 0 Å². The van der Waals surface area contributed by atoms with Crippen molar-refractivity contribution < 1.29 is 8.42 Å². The van der Waals surface area contributed by atoms with Gasteiger partial charge in [-0.25, -0.2) is 18.1 Å². The summed E-state index contributed by atoms with van der Waals surface area (Å²) in [4.78, 5) is 3.75. The van der Waals surface area contributed by atoms with Crippen molar-refractivity contribution in [3.05, 3.63) is 12.2 Å². The normalized spacial score (nSPS) is 11.8. The van der Waals surface area contributed by atoms with Crippen molar-refractivity contribution in [3.8, 4) is 0 Å². The van der Waals surface area contributed by atoms with Crippen molar-refractivity contribution in [3.63, 3.8) is 0 Å². The highest BCUT2D eigenvalue weighted by molar-refractivity contribution is 7.89. The summed E-state index contributed by atoms with van der Waals surface area (Å²) in [7, 11) is -3.27. The number of aromatic amines is 1. The molecule has 74 valence electrons. The van der Waals surface area contributed by atoms with Crippen LogP contribution in [0.3, 0.4) is 0 Å². The van der Waals surface area contributed by atoms with Crippen molar-refractivity contribution in [2.24, 2.45) is 5.73 Å². The molecule has 0 amide bonds. The SMILES string of the molecule is NCCS(=O)(=O)NCc1ncn[nH]1. The Hall–Kier alpha value is -0.990. The largest absolute Gasteiger partial charge is 0.329 e. The quantitative estimate of drug-likeness (QED) is 0.524. The van der Waals surface area contributed by atoms with Crippen molar-refractivity contribution in [1.29, 1.82) is 0 Å². The van der Waals surface area contributed by atoms with Crippen LogP contribution in [0.25, 0.3) is 0 Å². The van der Waals surface area contributed by atoms with Crippen LogP contribution in [0.15, 0.2) is 6.33 Å². The van der Waals surface area contributed by atoms with Gasteiger partial charge >= 0.3 is 0 Å². The zero-order valence-electron chi connectivity index (χ0n) is 6.90. The summed E-state index contributed by atoms with van der Waals surface area (Å²) < 4.78 is 24.5. The minimum Gasteiger partial charge on any atom is -0.329 e. The summed E-state index contributed by atoms with van der Waals surface area (Å²) in [5.41, 5.74) is 5.11. The van der Waals surface area contributed by atoms with Crippen LogP contribution in [0, 0.1) is 0 Å². The van der Waals surface area contributed by atoms with Crippen LogP contribution in [0.2, 0.25) is 0 Å². The Morgan fingerprint density at radius 1 is 1.62 bits per heavy atom. The Balaban J connectivity index is 2.43. The molecule has 1 rings (SSSR count). The highest BCUT2D eigenvalue weighted by atomic mass is 32.2. The summed E-state index contributed by atoms with van der Waals surface area (Å²) >= 11 is 0. The molecule has 0 fully saturated rings. The Labute approximate surface area is 75.8 Å². The molecule has 7 nitrogen and oxygen atoms in total. The number of sulfonamides is 1. The van der Waals surface area contributed by atoms with E-state index in [1.54, 1.807) is 0 Å². The third kappa shape index (κ3) is 3.49. The van der Waals surface area contributed by atoms with Gasteiger partial charge in [-0.1, -0.05) is 0 Å². The lowest BCUT2D eigenvalue weighted by Gasteiger charge is -2.01. The molecule has 4 N–H and O–H groups in total. The molecule has 0 bridgehead atoms. The maximum atomic E-state index is 11.1. The van der Waals surface area contributed by atoms with Gasteiger partial charge in [0.1, 0.15) is 12.2 Å². The molecule has 0 saturated carbocycles. The van der Waals surface area contributed by atoms with E-state index in [-0.39, 0.29) is 18.8 Å². The summed E-state index contributed by atoms with van der Waals surface area (Å²) in [6.45, 7) is 0.216. The predicted molar refractivity (Wildman–Crippen MR) is 46.1 cm³/mol. The van der Waals surface area contributed by atoms with Crippen LogP contribution >= 0.6 is 0 Å². The maximum absolute atomic E-state index is 11.1. The van der Waals surface area contributed by atoms with E-state index >= 15 is 0 Å². The minimum absolute atomic E-state index is 0.0822. The molecule has 0 saturated heterocycles. The van der Waals surface area contributed by atoms with E-state index in [2.05, 4.69) is 19.9 Å². The summed E-state index contributed by atoms with van der Waals surface area (Å²) in [6.07, 6.45) is 1.31. The first-order valence-corrected chi connectivity index (χ1v) is 5.31. The number of aromatic nitrogens is 3. The van der Waals surface area contributed by atoms with Gasteiger partial charge in [-0.3, -0.25) is 5.10 Å². The number of H-pyrrole nitrogens is 1. The number of hydrogen-bond donors (Lipinski definition) is 3. The Bertz CT molecular complexity index is 332. The molecule has 0 unspecified atom stereocenters. The first-order chi connectivity index (χ1) is 6.14. The lowest BCUT2D eigenvalue weighted by atomic mass is 10.6. The fourth-order valence-corrected chi connectivity index (χ4v) is 1.53. The van der Waals surface area contributed by atoms with E-state index in [1.807, 2.05) is 0 Å². The molecule has 1 heterocycles. The molecule has 0 atom stereocenters. The van der Waals surface area contributed by atoms with Gasteiger partial charge in [0.15, 0.2) is 0 Å². The van der Waals surface area contributed by atoms with Crippen molar-refractivity contribution >= 4 is 10.0 Å². The van der Waals surface area contributed by atoms with Crippen LogP contribution < -0.4 is 10.5 Å². The second-order valence-electron chi connectivity index (χ2n) is 2.36. The van der Waals surface area contributed by atoms with E-state index in [9.17, 15) is 8.42 Å². The average molecular weight is 205 g/mol. The molecule has 1 aromatic heterocycles. The zero-order valence-corrected chi connectivity index (χ0v) is 7.71. The summed E-state index contributed by atoms with van der Waals surface area (Å²) in [5.74, 6) is 0.391. The fourth-order valence-electron chi connectivity index (χ4n) is 0.722. The van der Waals surface area contributed by atoms with Gasteiger partial charge in [-0.15, -0.1) is 0 Å². The van der Waals surface area contributed by atoms with Gasteiger partial charge in [0.2, 0.25) is 10.0 Å². The second-order valence-corrected chi connectivity index (χ2v) is 4.29. The van der Waals surface area contributed by atoms with Gasteiger partial charge in [0, 0.05) is 6.54 Å². The van der Waals surface area contributed by atoms with Crippen molar-refractivity contribution in [1.82, 2.24) is 19.9 Å². The Kier molecular flexibility index (Phi) is 3.34. The summed E-state index contributed by atoms with van der Waals surface area (Å²) in [5, 5.41) is 6.11. The van der Waals surface area contributed by atoms with Crippen LogP contribution in [0.1, 0.15) is 5.82 Å². The van der Waals surface area contributed by atoms with Crippen LogP contribution in [0.5, 0.6) is 0 Å². The molecule has 0 radical (unpaired) electrons. The summed E-state index contributed by atoms with van der Waals surface area (Å²) in [6, 6.07) is 0. The highest BCUT2D eigenvalue weighted by Gasteiger charge is 2.08. The maximum Gasteiger partial charge on any atom is 0.213 e. The van der Waals surface area contributed by atoms with Gasteiger partial charge in [0.05, 0.1) is 12.3 Å². The molecular weight excluding hydrogens is 194 g/mol. The van der Waals surface area contributed by atoms with Crippen molar-refractivity contribution in [2.75, 3.05) is 12.3 Å². The number of nitrogens with one attached hydrogen (secondary N) is 2. The van der Waals surface area contributed by atoms with Gasteiger partial charge in [0.25, 0.3) is 0 Å². The van der Waals surface area contributed by atoms with E-state index in [4.69, 9.17) is 5.73 Å². The first-order valence-electron chi connectivity index (χ1n) is 3.66. The van der Waals surface area contributed by atoms with Crippen molar-refractivity contribution in [2.45, 2.75) is 6.54 Å². The zero-order chi connectivity index (χ0) is 9.73. The number of hydrogen-bond acceptors (Lipinski definition) is 5. The molecular formula is C5H11N5O2S. The van der Waals surface area contributed by atoms with Gasteiger partial charge in [-0.2, -0.15) is 5.10 Å². The molecule has 0 aliphatic rings. The molecule has 0 aromatic carbocycles. The average Bonchev–Trinajstić information content (AvgIpc) is 2.52. The van der Waals surface area contributed by atoms with Crippen LogP contribution in [0.4, 0.5) is 0 Å². The number of nitrogens with zero attached hydrogens (tertiary/aromatic N) is 2. The minimum atomic E-state index is -3.27. The third-order valence-electron chi connectivity index (χ3n) is 1.31. The van der Waals surface area contributed by atoms with E-state index in [0.29, 0.717) is 5.82 Å². The molecule has 13 heavy (non-hydrogen) atoms. The van der Waals surface area contributed by atoms with Crippen LogP contribution in [-0.4, -0.2) is 35.9 Å². The number of nitrogens with two attached hydrogens (primary N) is 1. The molecule has 1 aromatic rings. The second kappa shape index (κ2) is 4.30. The topological polar surface area (TPSA) is 114 Å². The smallest absolute Gasteiger partial charge is 0.213 e. The molecule has 0 aliphatic carbocycles. The highest BCUT2D eigenvalue weighted by Crippen LogP contribution is 1.88. The van der Waals surface area contributed by atoms with E-state index < -0.39 is 10.0 Å². The molecule has 0 spiro atoms. The predicted octanol–water partition coefficient (Wildman–Crippen LogP) is -1.82. The molecule has 8 heteroatoms. The standard InChI is InChI=1S/C5H11N5O2S/c6-1-2-13(11,12)9-3-5-7-4-8-10-5/h4,9H,1-3,6H2,(H,7,8,10). The van der Waals surface area contributed by atoms with E-state index in [1.165, 1.54) is 6.33 Å².